The average molecular weight is 370 g/mol. The van der Waals surface area contributed by atoms with Gasteiger partial charge in [0.25, 0.3) is 5.91 Å². The molecule has 7 heteroatoms. The van der Waals surface area contributed by atoms with Crippen LogP contribution >= 0.6 is 11.6 Å². The van der Waals surface area contributed by atoms with Gasteiger partial charge in [-0.1, -0.05) is 17.7 Å². The summed E-state index contributed by atoms with van der Waals surface area (Å²) < 4.78 is 7.66. The van der Waals surface area contributed by atoms with Crippen LogP contribution in [-0.4, -0.2) is 21.6 Å². The first kappa shape index (κ1) is 16.6. The van der Waals surface area contributed by atoms with E-state index < -0.39 is 11.3 Å². The Hall–Kier alpha value is -2.86. The molecule has 0 fully saturated rings. The molecule has 0 spiro atoms. The number of aromatic nitrogens is 2. The molecule has 3 aromatic rings. The zero-order valence-electron chi connectivity index (χ0n) is 14.0. The maximum Gasteiger partial charge on any atom is 0.257 e. The zero-order chi connectivity index (χ0) is 18.3. The Balaban J connectivity index is 1.77. The molecule has 1 N–H and O–H groups in total. The summed E-state index contributed by atoms with van der Waals surface area (Å²) in [6, 6.07) is 8.82. The Morgan fingerprint density at radius 3 is 3.00 bits per heavy atom. The Bertz CT molecular complexity index is 1060. The van der Waals surface area contributed by atoms with Crippen molar-refractivity contribution in [3.8, 4) is 5.75 Å². The number of amides is 1. The predicted octanol–water partition coefficient (Wildman–Crippen LogP) is 2.76. The molecule has 0 saturated carbocycles. The van der Waals surface area contributed by atoms with Crippen molar-refractivity contribution in [3.63, 3.8) is 0 Å². The van der Waals surface area contributed by atoms with Gasteiger partial charge in [0.1, 0.15) is 17.4 Å². The molecule has 132 valence electrons. The average Bonchev–Trinajstić information content (AvgIpc) is 2.64. The molecule has 1 aromatic carbocycles. The molecule has 6 nitrogen and oxygen atoms in total. The highest BCUT2D eigenvalue weighted by Crippen LogP contribution is 2.33. The second kappa shape index (κ2) is 6.46. The van der Waals surface area contributed by atoms with E-state index in [1.54, 1.807) is 36.7 Å². The molecular formula is C19H16ClN3O3. The van der Waals surface area contributed by atoms with Gasteiger partial charge in [0.2, 0.25) is 5.43 Å². The number of nitrogens with zero attached hydrogens (tertiary/aromatic N) is 2. The van der Waals surface area contributed by atoms with Crippen molar-refractivity contribution in [1.29, 1.82) is 0 Å². The van der Waals surface area contributed by atoms with E-state index in [1.807, 2.05) is 17.6 Å². The van der Waals surface area contributed by atoms with Crippen LogP contribution in [0, 0.1) is 0 Å². The van der Waals surface area contributed by atoms with Crippen LogP contribution in [0.2, 0.25) is 5.02 Å². The topological polar surface area (TPSA) is 73.2 Å². The van der Waals surface area contributed by atoms with Crippen LogP contribution in [0.4, 0.5) is 0 Å². The van der Waals surface area contributed by atoms with E-state index in [1.165, 1.54) is 0 Å². The third-order valence-electron chi connectivity index (χ3n) is 4.32. The number of carbonyl (C=O) groups excluding carboxylic acids is 1. The van der Waals surface area contributed by atoms with Crippen molar-refractivity contribution in [2.75, 3.05) is 0 Å². The summed E-state index contributed by atoms with van der Waals surface area (Å²) in [4.78, 5) is 29.7. The Labute approximate surface area is 154 Å². The second-order valence-corrected chi connectivity index (χ2v) is 6.63. The smallest absolute Gasteiger partial charge is 0.257 e. The third-order valence-corrected chi connectivity index (χ3v) is 4.63. The van der Waals surface area contributed by atoms with Gasteiger partial charge in [0, 0.05) is 12.4 Å². The number of nitrogens with one attached hydrogen (secondary N) is 1. The highest BCUT2D eigenvalue weighted by Gasteiger charge is 2.24. The molecule has 2 aromatic heterocycles. The summed E-state index contributed by atoms with van der Waals surface area (Å²) in [5.41, 5.74) is 0.994. The van der Waals surface area contributed by atoms with Gasteiger partial charge in [0.15, 0.2) is 0 Å². The van der Waals surface area contributed by atoms with Gasteiger partial charge in [-0.25, -0.2) is 0 Å². The molecule has 1 amide bonds. The van der Waals surface area contributed by atoms with Crippen LogP contribution < -0.4 is 15.5 Å². The van der Waals surface area contributed by atoms with Gasteiger partial charge in [-0.3, -0.25) is 14.6 Å². The number of benzene rings is 1. The highest BCUT2D eigenvalue weighted by atomic mass is 35.5. The van der Waals surface area contributed by atoms with Crippen LogP contribution in [0.1, 0.15) is 23.0 Å². The molecule has 4 rings (SSSR count). The minimum atomic E-state index is -0.452. The Morgan fingerprint density at radius 1 is 1.38 bits per heavy atom. The van der Waals surface area contributed by atoms with E-state index in [-0.39, 0.29) is 18.2 Å². The van der Waals surface area contributed by atoms with E-state index in [0.29, 0.717) is 33.9 Å². The molecule has 0 radical (unpaired) electrons. The van der Waals surface area contributed by atoms with Crippen LogP contribution in [0.3, 0.4) is 0 Å². The molecule has 0 saturated heterocycles. The number of halogens is 1. The summed E-state index contributed by atoms with van der Waals surface area (Å²) in [5.74, 6) is 0.146. The van der Waals surface area contributed by atoms with Crippen molar-refractivity contribution >= 4 is 28.4 Å². The molecule has 3 heterocycles. The first-order valence-corrected chi connectivity index (χ1v) is 8.63. The SMILES string of the molecule is CC1Cn2cc(C(=O)NCc3ccccn3)c(=O)c3c(Cl)ccc(c32)O1. The first-order valence-electron chi connectivity index (χ1n) is 8.25. The van der Waals surface area contributed by atoms with Crippen molar-refractivity contribution in [2.24, 2.45) is 0 Å². The highest BCUT2D eigenvalue weighted by molar-refractivity contribution is 6.35. The van der Waals surface area contributed by atoms with Crippen LogP contribution in [0.25, 0.3) is 10.9 Å². The van der Waals surface area contributed by atoms with Gasteiger partial charge in [-0.15, -0.1) is 0 Å². The van der Waals surface area contributed by atoms with Crippen LogP contribution in [-0.2, 0) is 13.1 Å². The number of hydrogen-bond donors (Lipinski definition) is 1. The lowest BCUT2D eigenvalue weighted by molar-refractivity contribution is 0.0948. The number of carbonyl (C=O) groups is 1. The van der Waals surface area contributed by atoms with Gasteiger partial charge < -0.3 is 14.6 Å². The van der Waals surface area contributed by atoms with E-state index >= 15 is 0 Å². The van der Waals surface area contributed by atoms with Gasteiger partial charge in [0.05, 0.1) is 34.7 Å². The molecule has 0 aliphatic carbocycles. The fourth-order valence-electron chi connectivity index (χ4n) is 3.16. The molecule has 1 aliphatic heterocycles. The molecular weight excluding hydrogens is 354 g/mol. The Kier molecular flexibility index (Phi) is 4.12. The first-order chi connectivity index (χ1) is 12.5. The zero-order valence-corrected chi connectivity index (χ0v) is 14.8. The maximum atomic E-state index is 12.9. The monoisotopic (exact) mass is 369 g/mol. The lowest BCUT2D eigenvalue weighted by Gasteiger charge is -2.26. The van der Waals surface area contributed by atoms with Crippen molar-refractivity contribution in [1.82, 2.24) is 14.9 Å². The van der Waals surface area contributed by atoms with Gasteiger partial charge >= 0.3 is 0 Å². The van der Waals surface area contributed by atoms with Gasteiger partial charge in [-0.05, 0) is 31.2 Å². The number of rotatable bonds is 3. The summed E-state index contributed by atoms with van der Waals surface area (Å²) in [7, 11) is 0. The largest absolute Gasteiger partial charge is 0.487 e. The van der Waals surface area contributed by atoms with Crippen LogP contribution in [0.5, 0.6) is 5.75 Å². The fraction of sp³-hybridized carbons (Fsp3) is 0.211. The summed E-state index contributed by atoms with van der Waals surface area (Å²) in [6.45, 7) is 2.71. The maximum absolute atomic E-state index is 12.9. The third kappa shape index (κ3) is 2.82. The Morgan fingerprint density at radius 2 is 2.23 bits per heavy atom. The lowest BCUT2D eigenvalue weighted by atomic mass is 10.1. The normalized spacial score (nSPS) is 15.5. The fourth-order valence-corrected chi connectivity index (χ4v) is 3.40. The molecule has 26 heavy (non-hydrogen) atoms. The van der Waals surface area contributed by atoms with Crippen molar-refractivity contribution in [2.45, 2.75) is 26.1 Å². The van der Waals surface area contributed by atoms with E-state index in [4.69, 9.17) is 16.3 Å². The summed E-state index contributed by atoms with van der Waals surface area (Å²) in [6.07, 6.45) is 3.16. The molecule has 1 unspecified atom stereocenters. The number of hydrogen-bond acceptors (Lipinski definition) is 4. The van der Waals surface area contributed by atoms with Crippen LogP contribution in [0.15, 0.2) is 47.5 Å². The summed E-state index contributed by atoms with van der Waals surface area (Å²) >= 11 is 6.26. The van der Waals surface area contributed by atoms with E-state index in [9.17, 15) is 9.59 Å². The van der Waals surface area contributed by atoms with E-state index in [2.05, 4.69) is 10.3 Å². The minimum Gasteiger partial charge on any atom is -0.487 e. The second-order valence-electron chi connectivity index (χ2n) is 6.23. The number of pyridine rings is 2. The molecule has 1 atom stereocenters. The number of ether oxygens (including phenoxy) is 1. The van der Waals surface area contributed by atoms with E-state index in [0.717, 1.165) is 0 Å². The predicted molar refractivity (Wildman–Crippen MR) is 98.7 cm³/mol. The lowest BCUT2D eigenvalue weighted by Crippen LogP contribution is -2.32. The van der Waals surface area contributed by atoms with Gasteiger partial charge in [-0.2, -0.15) is 0 Å². The molecule has 0 bridgehead atoms. The molecule has 1 aliphatic rings. The summed E-state index contributed by atoms with van der Waals surface area (Å²) in [5, 5.41) is 3.36. The van der Waals surface area contributed by atoms with Crippen molar-refractivity contribution < 1.29 is 9.53 Å². The van der Waals surface area contributed by atoms with Crippen molar-refractivity contribution in [3.05, 3.63) is 69.2 Å². The minimum absolute atomic E-state index is 0.0570. The quantitative estimate of drug-likeness (QED) is 0.770. The standard InChI is InChI=1S/C19H16ClN3O3/c1-11-9-23-10-13(19(25)22-8-12-4-2-3-7-21-12)18(24)16-14(20)5-6-15(26-11)17(16)23/h2-7,10-11H,8-9H2,1H3,(H,22,25).